The summed E-state index contributed by atoms with van der Waals surface area (Å²) in [5.41, 5.74) is 4.62. The fraction of sp³-hybridized carbons (Fsp3) is 0.0588. The number of hydrogen-bond acceptors (Lipinski definition) is 4. The Kier molecular flexibility index (Phi) is 3.38. The second kappa shape index (κ2) is 5.55. The molecule has 2 aromatic heterocycles. The molecule has 5 nitrogen and oxygen atoms in total. The van der Waals surface area contributed by atoms with E-state index in [1.807, 2.05) is 24.3 Å². The summed E-state index contributed by atoms with van der Waals surface area (Å²) in [6.07, 6.45) is 1.80. The van der Waals surface area contributed by atoms with Crippen molar-refractivity contribution in [2.24, 2.45) is 4.99 Å². The van der Waals surface area contributed by atoms with Crippen LogP contribution in [-0.4, -0.2) is 26.3 Å². The molecule has 0 saturated heterocycles. The maximum Gasteiger partial charge on any atom is 0.188 e. The Labute approximate surface area is 140 Å². The molecule has 4 aromatic rings. The van der Waals surface area contributed by atoms with E-state index in [2.05, 4.69) is 67.6 Å². The van der Waals surface area contributed by atoms with E-state index in [-0.39, 0.29) is 0 Å². The fourth-order valence-corrected chi connectivity index (χ4v) is 2.75. The first-order valence-electron chi connectivity index (χ1n) is 7.12. The monoisotopic (exact) mass is 365 g/mol. The zero-order valence-corrected chi connectivity index (χ0v) is 13.9. The van der Waals surface area contributed by atoms with E-state index < -0.39 is 0 Å². The van der Waals surface area contributed by atoms with Gasteiger partial charge in [0.15, 0.2) is 5.65 Å². The van der Waals surface area contributed by atoms with Gasteiger partial charge < -0.3 is 0 Å². The summed E-state index contributed by atoms with van der Waals surface area (Å²) in [5, 5.41) is 13.1. The van der Waals surface area contributed by atoms with Crippen molar-refractivity contribution in [2.45, 2.75) is 6.92 Å². The molecular formula is C17H12BrN5. The number of benzene rings is 2. The molecule has 2 aromatic carbocycles. The topological polar surface area (TPSA) is 55.4 Å². The Hall–Kier alpha value is -2.60. The minimum atomic E-state index is 0.698. The highest BCUT2D eigenvalue weighted by molar-refractivity contribution is 9.10. The molecule has 0 spiro atoms. The summed E-state index contributed by atoms with van der Waals surface area (Å²) >= 11 is 3.42. The van der Waals surface area contributed by atoms with Gasteiger partial charge in [0, 0.05) is 21.6 Å². The summed E-state index contributed by atoms with van der Waals surface area (Å²) in [6, 6.07) is 16.1. The van der Waals surface area contributed by atoms with Crippen LogP contribution in [-0.2, 0) is 0 Å². The van der Waals surface area contributed by atoms with Crippen LogP contribution in [0.4, 0.5) is 5.69 Å². The summed E-state index contributed by atoms with van der Waals surface area (Å²) < 4.78 is 2.78. The molecule has 0 amide bonds. The first-order valence-corrected chi connectivity index (χ1v) is 7.91. The molecule has 23 heavy (non-hydrogen) atoms. The van der Waals surface area contributed by atoms with Crippen molar-refractivity contribution < 1.29 is 0 Å². The standard InChI is InChI=1S/C17H12BrN5/c1-11-2-3-12-9-13(10-19-15-6-4-14(18)5-7-15)17-20-21-22-23(17)16(12)8-11/h2-10H,1H3. The number of hydrogen-bond donors (Lipinski definition) is 0. The van der Waals surface area contributed by atoms with Crippen LogP contribution in [0.15, 0.2) is 58.0 Å². The average Bonchev–Trinajstić information content (AvgIpc) is 3.04. The number of aliphatic imine (C=N–C) groups is 1. The van der Waals surface area contributed by atoms with Gasteiger partial charge in [-0.05, 0) is 59.3 Å². The van der Waals surface area contributed by atoms with E-state index in [0.29, 0.717) is 5.65 Å². The molecule has 0 unspecified atom stereocenters. The lowest BCUT2D eigenvalue weighted by atomic mass is 10.1. The molecule has 0 atom stereocenters. The number of nitrogens with zero attached hydrogens (tertiary/aromatic N) is 5. The zero-order chi connectivity index (χ0) is 15.8. The summed E-state index contributed by atoms with van der Waals surface area (Å²) in [6.45, 7) is 2.05. The number of aromatic nitrogens is 4. The normalized spacial score (nSPS) is 11.7. The Morgan fingerprint density at radius 3 is 2.74 bits per heavy atom. The van der Waals surface area contributed by atoms with E-state index in [0.717, 1.165) is 26.6 Å². The molecule has 0 radical (unpaired) electrons. The molecule has 0 aliphatic heterocycles. The molecule has 4 rings (SSSR count). The number of pyridine rings is 1. The van der Waals surface area contributed by atoms with Crippen molar-refractivity contribution >= 4 is 44.4 Å². The number of tetrazole rings is 1. The Morgan fingerprint density at radius 1 is 1.09 bits per heavy atom. The van der Waals surface area contributed by atoms with Gasteiger partial charge in [-0.1, -0.05) is 28.1 Å². The van der Waals surface area contributed by atoms with Crippen molar-refractivity contribution in [2.75, 3.05) is 0 Å². The van der Waals surface area contributed by atoms with Crippen LogP contribution in [0, 0.1) is 6.92 Å². The van der Waals surface area contributed by atoms with E-state index >= 15 is 0 Å². The molecule has 112 valence electrons. The van der Waals surface area contributed by atoms with Gasteiger partial charge >= 0.3 is 0 Å². The second-order valence-corrected chi connectivity index (χ2v) is 6.23. The maximum atomic E-state index is 4.52. The lowest BCUT2D eigenvalue weighted by Gasteiger charge is -2.04. The quantitative estimate of drug-likeness (QED) is 0.502. The van der Waals surface area contributed by atoms with Crippen molar-refractivity contribution in [1.29, 1.82) is 0 Å². The van der Waals surface area contributed by atoms with E-state index in [4.69, 9.17) is 0 Å². The van der Waals surface area contributed by atoms with Gasteiger partial charge in [-0.15, -0.1) is 5.10 Å². The molecule has 6 heteroatoms. The van der Waals surface area contributed by atoms with Crippen LogP contribution in [0.5, 0.6) is 0 Å². The third kappa shape index (κ3) is 2.61. The van der Waals surface area contributed by atoms with Crippen molar-refractivity contribution in [1.82, 2.24) is 20.0 Å². The highest BCUT2D eigenvalue weighted by Crippen LogP contribution is 2.21. The Balaban J connectivity index is 1.87. The predicted octanol–water partition coefficient (Wildman–Crippen LogP) is 4.10. The minimum Gasteiger partial charge on any atom is -0.256 e. The van der Waals surface area contributed by atoms with Crippen LogP contribution in [0.25, 0.3) is 16.6 Å². The molecule has 0 saturated carbocycles. The third-order valence-electron chi connectivity index (χ3n) is 3.63. The van der Waals surface area contributed by atoms with E-state index in [1.165, 1.54) is 5.56 Å². The highest BCUT2D eigenvalue weighted by Gasteiger charge is 2.08. The molecule has 0 fully saturated rings. The Morgan fingerprint density at radius 2 is 1.91 bits per heavy atom. The van der Waals surface area contributed by atoms with Gasteiger partial charge in [-0.3, -0.25) is 4.99 Å². The van der Waals surface area contributed by atoms with Crippen LogP contribution < -0.4 is 0 Å². The Bertz CT molecular complexity index is 1030. The van der Waals surface area contributed by atoms with E-state index in [9.17, 15) is 0 Å². The first-order chi connectivity index (χ1) is 11.2. The summed E-state index contributed by atoms with van der Waals surface area (Å²) in [5.74, 6) is 0. The SMILES string of the molecule is Cc1ccc2cc(C=Nc3ccc(Br)cc3)c3nnnn3c2c1. The van der Waals surface area contributed by atoms with Crippen LogP contribution in [0.1, 0.15) is 11.1 Å². The smallest absolute Gasteiger partial charge is 0.188 e. The number of halogens is 1. The number of rotatable bonds is 2. The van der Waals surface area contributed by atoms with E-state index in [1.54, 1.807) is 10.7 Å². The fourth-order valence-electron chi connectivity index (χ4n) is 2.49. The van der Waals surface area contributed by atoms with Crippen LogP contribution in [0.3, 0.4) is 0 Å². The van der Waals surface area contributed by atoms with Crippen LogP contribution in [0.2, 0.25) is 0 Å². The van der Waals surface area contributed by atoms with Crippen molar-refractivity contribution in [3.05, 3.63) is 64.1 Å². The largest absolute Gasteiger partial charge is 0.256 e. The lowest BCUT2D eigenvalue weighted by Crippen LogP contribution is -1.96. The lowest BCUT2D eigenvalue weighted by molar-refractivity contribution is 0.841. The van der Waals surface area contributed by atoms with Gasteiger partial charge in [-0.2, -0.15) is 4.52 Å². The summed E-state index contributed by atoms with van der Waals surface area (Å²) in [7, 11) is 0. The minimum absolute atomic E-state index is 0.698. The van der Waals surface area contributed by atoms with Crippen LogP contribution >= 0.6 is 15.9 Å². The van der Waals surface area contributed by atoms with Gasteiger partial charge in [0.05, 0.1) is 11.2 Å². The molecule has 2 heterocycles. The average molecular weight is 366 g/mol. The van der Waals surface area contributed by atoms with Gasteiger partial charge in [0.1, 0.15) is 0 Å². The second-order valence-electron chi connectivity index (χ2n) is 5.31. The molecule has 0 aliphatic rings. The highest BCUT2D eigenvalue weighted by atomic mass is 79.9. The molecular weight excluding hydrogens is 354 g/mol. The first kappa shape index (κ1) is 14.0. The molecule has 0 aliphatic carbocycles. The van der Waals surface area contributed by atoms with Gasteiger partial charge in [0.25, 0.3) is 0 Å². The summed E-state index contributed by atoms with van der Waals surface area (Å²) in [4.78, 5) is 4.52. The zero-order valence-electron chi connectivity index (χ0n) is 12.3. The van der Waals surface area contributed by atoms with Gasteiger partial charge in [-0.25, -0.2) is 0 Å². The molecule has 0 bridgehead atoms. The number of fused-ring (bicyclic) bond motifs is 3. The third-order valence-corrected chi connectivity index (χ3v) is 4.16. The maximum absolute atomic E-state index is 4.52. The van der Waals surface area contributed by atoms with Crippen molar-refractivity contribution in [3.63, 3.8) is 0 Å². The van der Waals surface area contributed by atoms with Gasteiger partial charge in [0.2, 0.25) is 0 Å². The molecule has 0 N–H and O–H groups in total. The number of aryl methyl sites for hydroxylation is 1. The predicted molar refractivity (Wildman–Crippen MR) is 94.4 cm³/mol. The van der Waals surface area contributed by atoms with Crippen molar-refractivity contribution in [3.8, 4) is 0 Å².